The number of carbonyl (C=O) groups is 1. The number of alkyl halides is 2. The molecule has 0 unspecified atom stereocenters. The Morgan fingerprint density at radius 3 is 2.68 bits per heavy atom. The minimum absolute atomic E-state index is 0.0785. The van der Waals surface area contributed by atoms with E-state index in [1.54, 1.807) is 20.8 Å². The van der Waals surface area contributed by atoms with Crippen LogP contribution in [0.3, 0.4) is 0 Å². The molecule has 0 bridgehead atoms. The van der Waals surface area contributed by atoms with Crippen LogP contribution in [-0.4, -0.2) is 61.2 Å². The third-order valence-corrected chi connectivity index (χ3v) is 2.92. The third kappa shape index (κ3) is 6.91. The van der Waals surface area contributed by atoms with Gasteiger partial charge < -0.3 is 20.3 Å². The summed E-state index contributed by atoms with van der Waals surface area (Å²) in [6, 6.07) is -0.0785. The molecule has 2 N–H and O–H groups in total. The number of likely N-dealkylation sites (tertiary alicyclic amines) is 1. The summed E-state index contributed by atoms with van der Waals surface area (Å²) in [4.78, 5) is 17.5. The average molecular weight is 320 g/mol. The van der Waals surface area contributed by atoms with Crippen LogP contribution in [0.2, 0.25) is 0 Å². The second-order valence-corrected chi connectivity index (χ2v) is 6.16. The summed E-state index contributed by atoms with van der Waals surface area (Å²) in [6.45, 7) is 8.52. The number of hydrogen-bond acceptors (Lipinski definition) is 3. The maximum absolute atomic E-state index is 12.3. The fourth-order valence-corrected chi connectivity index (χ4v) is 2.13. The molecule has 1 aliphatic rings. The van der Waals surface area contributed by atoms with Crippen LogP contribution in [0, 0.1) is 0 Å². The van der Waals surface area contributed by atoms with E-state index in [0.29, 0.717) is 25.6 Å². The molecule has 0 aromatic carbocycles. The van der Waals surface area contributed by atoms with Crippen LogP contribution in [0.1, 0.15) is 34.1 Å². The van der Waals surface area contributed by atoms with Crippen LogP contribution in [-0.2, 0) is 4.74 Å². The Balaban J connectivity index is 2.52. The normalized spacial score (nSPS) is 19.5. The molecule has 1 fully saturated rings. The van der Waals surface area contributed by atoms with Crippen LogP contribution >= 0.6 is 0 Å². The van der Waals surface area contributed by atoms with Gasteiger partial charge in [0, 0.05) is 19.6 Å². The summed E-state index contributed by atoms with van der Waals surface area (Å²) in [5.74, 6) is 0.455. The lowest BCUT2D eigenvalue weighted by Gasteiger charge is -2.23. The van der Waals surface area contributed by atoms with Crippen molar-refractivity contribution in [3.63, 3.8) is 0 Å². The highest BCUT2D eigenvalue weighted by molar-refractivity contribution is 5.80. The molecule has 0 aromatic rings. The Hall–Kier alpha value is -1.60. The number of aliphatic imine (C=N–C) groups is 1. The molecule has 1 aliphatic heterocycles. The standard InChI is InChI=1S/C14H26F2N4O2/c1-5-17-12(18-8-11(15)16)20-7-6-10(9-20)19-13(21)22-14(2,3)4/h10-11H,5-9H2,1-4H3,(H,17,18)(H,19,21)/t10-/m1/s1. The Kier molecular flexibility index (Phi) is 6.83. The molecule has 1 rings (SSSR count). The lowest BCUT2D eigenvalue weighted by atomic mass is 10.2. The molecule has 1 heterocycles. The summed E-state index contributed by atoms with van der Waals surface area (Å²) in [5.41, 5.74) is -0.546. The number of nitrogens with zero attached hydrogens (tertiary/aromatic N) is 2. The number of amides is 1. The predicted octanol–water partition coefficient (Wildman–Crippen LogP) is 1.82. The molecule has 22 heavy (non-hydrogen) atoms. The molecule has 1 atom stereocenters. The molecular formula is C14H26F2N4O2. The van der Waals surface area contributed by atoms with Crippen LogP contribution in [0.4, 0.5) is 13.6 Å². The lowest BCUT2D eigenvalue weighted by Crippen LogP contribution is -2.44. The predicted molar refractivity (Wildman–Crippen MR) is 81.3 cm³/mol. The molecule has 1 saturated heterocycles. The zero-order valence-electron chi connectivity index (χ0n) is 13.7. The maximum atomic E-state index is 12.3. The van der Waals surface area contributed by atoms with E-state index in [0.717, 1.165) is 6.42 Å². The fourth-order valence-electron chi connectivity index (χ4n) is 2.13. The molecule has 0 spiro atoms. The Labute approximate surface area is 130 Å². The highest BCUT2D eigenvalue weighted by Gasteiger charge is 2.27. The molecule has 6 nitrogen and oxygen atoms in total. The first-order valence-electron chi connectivity index (χ1n) is 7.52. The number of guanidine groups is 1. The van der Waals surface area contributed by atoms with Crippen LogP contribution in [0.15, 0.2) is 4.99 Å². The first-order valence-corrected chi connectivity index (χ1v) is 7.52. The van der Waals surface area contributed by atoms with Crippen LogP contribution < -0.4 is 10.6 Å². The highest BCUT2D eigenvalue weighted by atomic mass is 19.3. The number of carbonyl (C=O) groups excluding carboxylic acids is 1. The van der Waals surface area contributed by atoms with Gasteiger partial charge in [-0.05, 0) is 34.1 Å². The van der Waals surface area contributed by atoms with Gasteiger partial charge in [-0.15, -0.1) is 0 Å². The van der Waals surface area contributed by atoms with Gasteiger partial charge in [0.1, 0.15) is 12.1 Å². The average Bonchev–Trinajstić information content (AvgIpc) is 2.80. The molecule has 1 amide bonds. The molecule has 0 aromatic heterocycles. The first kappa shape index (κ1) is 18.4. The van der Waals surface area contributed by atoms with Gasteiger partial charge in [0.05, 0.1) is 6.04 Å². The van der Waals surface area contributed by atoms with E-state index in [9.17, 15) is 13.6 Å². The van der Waals surface area contributed by atoms with Crippen molar-refractivity contribution in [1.29, 1.82) is 0 Å². The summed E-state index contributed by atoms with van der Waals surface area (Å²) in [6.07, 6.45) is -2.21. The third-order valence-electron chi connectivity index (χ3n) is 2.92. The molecule has 128 valence electrons. The number of halogens is 2. The smallest absolute Gasteiger partial charge is 0.407 e. The Morgan fingerprint density at radius 1 is 1.45 bits per heavy atom. The molecule has 8 heteroatoms. The van der Waals surface area contributed by atoms with Gasteiger partial charge in [0.25, 0.3) is 6.43 Å². The summed E-state index contributed by atoms with van der Waals surface area (Å²) >= 11 is 0. The van der Waals surface area contributed by atoms with Gasteiger partial charge in [0.15, 0.2) is 5.96 Å². The quantitative estimate of drug-likeness (QED) is 0.612. The number of ether oxygens (including phenoxy) is 1. The molecule has 0 saturated carbocycles. The summed E-state index contributed by atoms with van der Waals surface area (Å²) in [7, 11) is 0. The summed E-state index contributed by atoms with van der Waals surface area (Å²) in [5, 5.41) is 5.78. The second-order valence-electron chi connectivity index (χ2n) is 6.16. The fraction of sp³-hybridized carbons (Fsp3) is 0.857. The van der Waals surface area contributed by atoms with E-state index in [2.05, 4.69) is 15.6 Å². The number of alkyl carbamates (subject to hydrolysis) is 1. The van der Waals surface area contributed by atoms with E-state index in [1.807, 2.05) is 11.8 Å². The summed E-state index contributed by atoms with van der Waals surface area (Å²) < 4.78 is 29.8. The van der Waals surface area contributed by atoms with E-state index >= 15 is 0 Å². The minimum Gasteiger partial charge on any atom is -0.444 e. The van der Waals surface area contributed by atoms with Gasteiger partial charge in [0.2, 0.25) is 0 Å². The van der Waals surface area contributed by atoms with Crippen molar-refractivity contribution in [3.05, 3.63) is 0 Å². The Bertz CT molecular complexity index is 397. The second kappa shape index (κ2) is 8.14. The van der Waals surface area contributed by atoms with Gasteiger partial charge >= 0.3 is 6.09 Å². The SMILES string of the molecule is CCNC(=NCC(F)F)N1CC[C@@H](NC(=O)OC(C)(C)C)C1. The van der Waals surface area contributed by atoms with E-state index in [-0.39, 0.29) is 6.04 Å². The van der Waals surface area contributed by atoms with E-state index < -0.39 is 24.7 Å². The van der Waals surface area contributed by atoms with Crippen LogP contribution in [0.5, 0.6) is 0 Å². The van der Waals surface area contributed by atoms with Crippen molar-refractivity contribution < 1.29 is 18.3 Å². The lowest BCUT2D eigenvalue weighted by molar-refractivity contribution is 0.0507. The zero-order chi connectivity index (χ0) is 16.8. The number of hydrogen-bond donors (Lipinski definition) is 2. The Morgan fingerprint density at radius 2 is 2.14 bits per heavy atom. The highest BCUT2D eigenvalue weighted by Crippen LogP contribution is 2.12. The number of rotatable bonds is 4. The van der Waals surface area contributed by atoms with Gasteiger partial charge in [-0.3, -0.25) is 0 Å². The van der Waals surface area contributed by atoms with Gasteiger partial charge in [-0.1, -0.05) is 0 Å². The minimum atomic E-state index is -2.47. The monoisotopic (exact) mass is 320 g/mol. The first-order chi connectivity index (χ1) is 10.2. The topological polar surface area (TPSA) is 66.0 Å². The van der Waals surface area contributed by atoms with Crippen LogP contribution in [0.25, 0.3) is 0 Å². The van der Waals surface area contributed by atoms with Crippen molar-refractivity contribution in [2.24, 2.45) is 4.99 Å². The molecule has 0 aliphatic carbocycles. The van der Waals surface area contributed by atoms with Crippen molar-refractivity contribution in [2.45, 2.75) is 52.2 Å². The molecular weight excluding hydrogens is 294 g/mol. The zero-order valence-corrected chi connectivity index (χ0v) is 13.7. The van der Waals surface area contributed by atoms with Gasteiger partial charge in [-0.25, -0.2) is 18.6 Å². The van der Waals surface area contributed by atoms with E-state index in [1.165, 1.54) is 0 Å². The van der Waals surface area contributed by atoms with Gasteiger partial charge in [-0.2, -0.15) is 0 Å². The van der Waals surface area contributed by atoms with Crippen molar-refractivity contribution in [3.8, 4) is 0 Å². The van der Waals surface area contributed by atoms with E-state index in [4.69, 9.17) is 4.74 Å². The number of nitrogens with one attached hydrogen (secondary N) is 2. The van der Waals surface area contributed by atoms with Crippen molar-refractivity contribution in [2.75, 3.05) is 26.2 Å². The van der Waals surface area contributed by atoms with Crippen molar-refractivity contribution in [1.82, 2.24) is 15.5 Å². The largest absolute Gasteiger partial charge is 0.444 e. The molecule has 0 radical (unpaired) electrons. The van der Waals surface area contributed by atoms with Crippen molar-refractivity contribution >= 4 is 12.1 Å². The maximum Gasteiger partial charge on any atom is 0.407 e.